The van der Waals surface area contributed by atoms with E-state index in [9.17, 15) is 0 Å². The fourth-order valence-electron chi connectivity index (χ4n) is 1.11. The second kappa shape index (κ2) is 6.23. The third-order valence-corrected chi connectivity index (χ3v) is 2.41. The highest BCUT2D eigenvalue weighted by Gasteiger charge is 1.81. The van der Waals surface area contributed by atoms with Gasteiger partial charge in [0.15, 0.2) is 0 Å². The number of hydrogen-bond acceptors (Lipinski definition) is 2. The number of benzene rings is 2. The molecule has 0 heterocycles. The Balaban J connectivity index is 0.000000160. The highest BCUT2D eigenvalue weighted by molar-refractivity contribution is 7.80. The second-order valence-electron chi connectivity index (χ2n) is 3.75. The van der Waals surface area contributed by atoms with Gasteiger partial charge in [0.1, 0.15) is 0 Å². The normalized spacial score (nSPS) is 9.19. The van der Waals surface area contributed by atoms with E-state index >= 15 is 0 Å². The van der Waals surface area contributed by atoms with Crippen LogP contribution in [-0.2, 0) is 0 Å². The Bertz CT molecular complexity index is 332. The van der Waals surface area contributed by atoms with Gasteiger partial charge in [-0.2, -0.15) is 0 Å². The van der Waals surface area contributed by atoms with Crippen molar-refractivity contribution >= 4 is 18.3 Å². The van der Waals surface area contributed by atoms with E-state index in [1.54, 1.807) is 0 Å². The number of rotatable bonds is 0. The number of hydrogen-bond donors (Lipinski definition) is 2. The van der Waals surface area contributed by atoms with Crippen molar-refractivity contribution < 1.29 is 0 Å². The van der Waals surface area contributed by atoms with Crippen LogP contribution in [-0.4, -0.2) is 0 Å². The van der Waals surface area contributed by atoms with Crippen molar-refractivity contribution in [2.24, 2.45) is 0 Å². The van der Waals surface area contributed by atoms with E-state index in [4.69, 9.17) is 5.73 Å². The average Bonchev–Trinajstić information content (AvgIpc) is 2.28. The Hall–Kier alpha value is -1.41. The molecule has 0 amide bonds. The van der Waals surface area contributed by atoms with Gasteiger partial charge in [-0.3, -0.25) is 0 Å². The van der Waals surface area contributed by atoms with Gasteiger partial charge in [-0.05, 0) is 38.1 Å². The predicted octanol–water partition coefficient (Wildman–Crippen LogP) is 3.86. The number of anilines is 1. The molecule has 0 atom stereocenters. The van der Waals surface area contributed by atoms with Crippen molar-refractivity contribution in [2.75, 3.05) is 5.73 Å². The van der Waals surface area contributed by atoms with Crippen LogP contribution in [0.15, 0.2) is 53.4 Å². The maximum atomic E-state index is 5.43. The van der Waals surface area contributed by atoms with Gasteiger partial charge < -0.3 is 5.73 Å². The van der Waals surface area contributed by atoms with Crippen LogP contribution in [0, 0.1) is 13.8 Å². The Labute approximate surface area is 103 Å². The Kier molecular flexibility index (Phi) is 4.93. The van der Waals surface area contributed by atoms with E-state index in [1.165, 1.54) is 11.1 Å². The first kappa shape index (κ1) is 12.7. The minimum absolute atomic E-state index is 0.829. The average molecular weight is 231 g/mol. The van der Waals surface area contributed by atoms with E-state index in [2.05, 4.69) is 19.6 Å². The molecular formula is C14H17NS. The van der Waals surface area contributed by atoms with Crippen LogP contribution in [0.4, 0.5) is 5.69 Å². The molecule has 1 nitrogen and oxygen atoms in total. The van der Waals surface area contributed by atoms with Crippen molar-refractivity contribution in [3.8, 4) is 0 Å². The molecule has 0 fully saturated rings. The molecule has 2 heteroatoms. The third-order valence-electron chi connectivity index (χ3n) is 2.11. The van der Waals surface area contributed by atoms with Crippen LogP contribution in [0.1, 0.15) is 11.1 Å². The Morgan fingerprint density at radius 1 is 0.750 bits per heavy atom. The van der Waals surface area contributed by atoms with Crippen molar-refractivity contribution in [1.29, 1.82) is 0 Å². The van der Waals surface area contributed by atoms with Crippen LogP contribution in [0.3, 0.4) is 0 Å². The molecule has 2 N–H and O–H groups in total. The topological polar surface area (TPSA) is 26.0 Å². The molecule has 0 aliphatic rings. The first-order valence-corrected chi connectivity index (χ1v) is 5.60. The number of thiol groups is 1. The summed E-state index contributed by atoms with van der Waals surface area (Å²) in [5.74, 6) is 0. The van der Waals surface area contributed by atoms with Gasteiger partial charge in [-0.1, -0.05) is 35.4 Å². The van der Waals surface area contributed by atoms with E-state index in [0.717, 1.165) is 10.6 Å². The maximum Gasteiger partial charge on any atom is 0.0314 e. The van der Waals surface area contributed by atoms with Crippen molar-refractivity contribution in [3.63, 3.8) is 0 Å². The van der Waals surface area contributed by atoms with Crippen LogP contribution >= 0.6 is 12.6 Å². The smallest absolute Gasteiger partial charge is 0.0314 e. The predicted molar refractivity (Wildman–Crippen MR) is 74.0 cm³/mol. The highest BCUT2D eigenvalue weighted by atomic mass is 32.1. The van der Waals surface area contributed by atoms with Crippen LogP contribution < -0.4 is 5.73 Å². The summed E-state index contributed by atoms with van der Waals surface area (Å²) >= 11 is 4.13. The van der Waals surface area contributed by atoms with E-state index in [0.29, 0.717) is 0 Å². The zero-order valence-corrected chi connectivity index (χ0v) is 10.5. The lowest BCUT2D eigenvalue weighted by molar-refractivity contribution is 1.39. The van der Waals surface area contributed by atoms with Crippen LogP contribution in [0.2, 0.25) is 0 Å². The molecule has 2 aromatic carbocycles. The summed E-state index contributed by atoms with van der Waals surface area (Å²) in [6.07, 6.45) is 0. The molecule has 0 unspecified atom stereocenters. The molecule has 84 valence electrons. The van der Waals surface area contributed by atoms with Gasteiger partial charge >= 0.3 is 0 Å². The molecule has 0 aliphatic heterocycles. The van der Waals surface area contributed by atoms with Crippen molar-refractivity contribution in [2.45, 2.75) is 18.7 Å². The summed E-state index contributed by atoms with van der Waals surface area (Å²) in [5.41, 5.74) is 8.79. The van der Waals surface area contributed by atoms with E-state index in [1.807, 2.05) is 55.5 Å². The summed E-state index contributed by atoms with van der Waals surface area (Å²) in [6, 6.07) is 15.8. The van der Waals surface area contributed by atoms with Crippen LogP contribution in [0.5, 0.6) is 0 Å². The first-order chi connectivity index (χ1) is 7.58. The molecule has 0 saturated carbocycles. The number of aryl methyl sites for hydroxylation is 2. The lowest BCUT2D eigenvalue weighted by atomic mass is 10.2. The van der Waals surface area contributed by atoms with E-state index in [-0.39, 0.29) is 0 Å². The summed E-state index contributed by atoms with van der Waals surface area (Å²) in [7, 11) is 0. The molecule has 0 saturated heterocycles. The van der Waals surface area contributed by atoms with Gasteiger partial charge in [0.2, 0.25) is 0 Å². The van der Waals surface area contributed by atoms with Crippen molar-refractivity contribution in [1.82, 2.24) is 0 Å². The SMILES string of the molecule is Cc1ccc(N)cc1.Cc1ccc(S)cc1. The van der Waals surface area contributed by atoms with Gasteiger partial charge in [-0.15, -0.1) is 12.6 Å². The fourth-order valence-corrected chi connectivity index (χ4v) is 1.26. The molecule has 2 aromatic rings. The zero-order chi connectivity index (χ0) is 12.0. The first-order valence-electron chi connectivity index (χ1n) is 5.16. The van der Waals surface area contributed by atoms with Gasteiger partial charge in [-0.25, -0.2) is 0 Å². The standard InChI is InChI=1S/C7H9N.C7H8S/c2*1-6-2-4-7(8)5-3-6/h2-5H,8H2,1H3;2-5,8H,1H3. The zero-order valence-electron chi connectivity index (χ0n) is 9.64. The molecule has 0 radical (unpaired) electrons. The van der Waals surface area contributed by atoms with E-state index < -0.39 is 0 Å². The molecule has 0 bridgehead atoms. The van der Waals surface area contributed by atoms with Gasteiger partial charge in [0, 0.05) is 10.6 Å². The minimum Gasteiger partial charge on any atom is -0.399 e. The summed E-state index contributed by atoms with van der Waals surface area (Å²) in [6.45, 7) is 4.10. The Morgan fingerprint density at radius 3 is 1.44 bits per heavy atom. The minimum atomic E-state index is 0.829. The van der Waals surface area contributed by atoms with Crippen molar-refractivity contribution in [3.05, 3.63) is 59.7 Å². The quantitative estimate of drug-likeness (QED) is 0.522. The lowest BCUT2D eigenvalue weighted by Crippen LogP contribution is -1.81. The molecule has 0 aliphatic carbocycles. The largest absolute Gasteiger partial charge is 0.399 e. The summed E-state index contributed by atoms with van der Waals surface area (Å²) < 4.78 is 0. The summed E-state index contributed by atoms with van der Waals surface area (Å²) in [5, 5.41) is 0. The molecule has 0 spiro atoms. The molecule has 0 aromatic heterocycles. The van der Waals surface area contributed by atoms with Gasteiger partial charge in [0.05, 0.1) is 0 Å². The van der Waals surface area contributed by atoms with Gasteiger partial charge in [0.25, 0.3) is 0 Å². The molecule has 2 rings (SSSR count). The third kappa shape index (κ3) is 4.89. The second-order valence-corrected chi connectivity index (χ2v) is 4.26. The highest BCUT2D eigenvalue weighted by Crippen LogP contribution is 2.05. The van der Waals surface area contributed by atoms with Crippen LogP contribution in [0.25, 0.3) is 0 Å². The molecular weight excluding hydrogens is 214 g/mol. The number of nitrogens with two attached hydrogens (primary N) is 1. The lowest BCUT2D eigenvalue weighted by Gasteiger charge is -1.90. The number of nitrogen functional groups attached to an aromatic ring is 1. The monoisotopic (exact) mass is 231 g/mol. The fraction of sp³-hybridized carbons (Fsp3) is 0.143. The Morgan fingerprint density at radius 2 is 1.12 bits per heavy atom. The molecule has 16 heavy (non-hydrogen) atoms. The maximum absolute atomic E-state index is 5.43. The summed E-state index contributed by atoms with van der Waals surface area (Å²) in [4.78, 5) is 1.02.